The smallest absolute Gasteiger partial charge is 0.123 e. The third-order valence-corrected chi connectivity index (χ3v) is 5.54. The van der Waals surface area contributed by atoms with Crippen LogP contribution < -0.4 is 21.9 Å². The summed E-state index contributed by atoms with van der Waals surface area (Å²) < 4.78 is 114. The van der Waals surface area contributed by atoms with Gasteiger partial charge in [-0.15, -0.1) is 0 Å². The van der Waals surface area contributed by atoms with E-state index < -0.39 is 52.7 Å². The Morgan fingerprint density at radius 3 is 0.576 bits per heavy atom. The fourth-order valence-electron chi connectivity index (χ4n) is 4.46. The second kappa shape index (κ2) is 8.39. The molecule has 0 saturated heterocycles. The Labute approximate surface area is 183 Å². The standard InChI is InChI=1S/C24H12BF8/c26-17-1-13(2-18(27)9-17)25(14-3-19(28)10-20(29)4-14,15-5-21(30)11-22(31)6-15)16-7-23(32)12-24(33)8-16/h1-12H/q-1. The van der Waals surface area contributed by atoms with Crippen molar-refractivity contribution in [2.45, 2.75) is 0 Å². The Balaban J connectivity index is 2.28. The minimum absolute atomic E-state index is 0.354. The first-order valence-electron chi connectivity index (χ1n) is 9.59. The molecule has 0 unspecified atom stereocenters. The third-order valence-electron chi connectivity index (χ3n) is 5.54. The summed E-state index contributed by atoms with van der Waals surface area (Å²) in [6.07, 6.45) is -3.29. The van der Waals surface area contributed by atoms with E-state index in [1.807, 2.05) is 0 Å². The maximum Gasteiger partial charge on any atom is 0.123 e. The van der Waals surface area contributed by atoms with Crippen molar-refractivity contribution < 1.29 is 35.1 Å². The molecule has 33 heavy (non-hydrogen) atoms. The molecule has 0 aromatic heterocycles. The van der Waals surface area contributed by atoms with Gasteiger partial charge in [0.25, 0.3) is 0 Å². The fourth-order valence-corrected chi connectivity index (χ4v) is 4.46. The van der Waals surface area contributed by atoms with Crippen LogP contribution in [0.5, 0.6) is 0 Å². The molecule has 4 aromatic carbocycles. The lowest BCUT2D eigenvalue weighted by atomic mass is 9.13. The number of halogens is 8. The van der Waals surface area contributed by atoms with Crippen molar-refractivity contribution in [3.05, 3.63) is 119 Å². The second-order valence-electron chi connectivity index (χ2n) is 7.68. The first-order valence-corrected chi connectivity index (χ1v) is 9.59. The van der Waals surface area contributed by atoms with Crippen LogP contribution in [-0.2, 0) is 0 Å². The van der Waals surface area contributed by atoms with Gasteiger partial charge >= 0.3 is 0 Å². The topological polar surface area (TPSA) is 0 Å². The van der Waals surface area contributed by atoms with E-state index in [0.717, 1.165) is 48.5 Å². The van der Waals surface area contributed by atoms with E-state index >= 15 is 0 Å². The number of hydrogen-bond donors (Lipinski definition) is 0. The van der Waals surface area contributed by atoms with Gasteiger partial charge < -0.3 is 0 Å². The van der Waals surface area contributed by atoms with Gasteiger partial charge in [-0.05, 0) is 0 Å². The van der Waals surface area contributed by atoms with Crippen molar-refractivity contribution in [1.29, 1.82) is 0 Å². The van der Waals surface area contributed by atoms with Gasteiger partial charge in [-0.25, -0.2) is 35.1 Å². The average Bonchev–Trinajstić information content (AvgIpc) is 2.65. The Morgan fingerprint density at radius 1 is 0.273 bits per heavy atom. The van der Waals surface area contributed by atoms with Crippen molar-refractivity contribution >= 4 is 28.0 Å². The monoisotopic (exact) mass is 463 g/mol. The first-order chi connectivity index (χ1) is 15.6. The second-order valence-corrected chi connectivity index (χ2v) is 7.68. The lowest BCUT2D eigenvalue weighted by molar-refractivity contribution is 0.585. The molecule has 0 bridgehead atoms. The largest absolute Gasteiger partial charge is 0.207 e. The van der Waals surface area contributed by atoms with Crippen LogP contribution in [0.1, 0.15) is 0 Å². The molecule has 4 rings (SSSR count). The Hall–Kier alpha value is -3.62. The zero-order chi connectivity index (χ0) is 23.9. The summed E-state index contributed by atoms with van der Waals surface area (Å²) in [5.74, 6) is -8.99. The highest BCUT2D eigenvalue weighted by atomic mass is 19.2. The normalized spacial score (nSPS) is 11.6. The van der Waals surface area contributed by atoms with Crippen LogP contribution in [0.4, 0.5) is 35.1 Å². The van der Waals surface area contributed by atoms with E-state index in [9.17, 15) is 35.1 Å². The summed E-state index contributed by atoms with van der Waals surface area (Å²) in [4.78, 5) is 0. The van der Waals surface area contributed by atoms with Gasteiger partial charge in [0.1, 0.15) is 52.7 Å². The van der Waals surface area contributed by atoms with Gasteiger partial charge in [-0.1, -0.05) is 48.5 Å². The van der Waals surface area contributed by atoms with Crippen molar-refractivity contribution in [3.8, 4) is 0 Å². The molecule has 0 heterocycles. The highest BCUT2D eigenvalue weighted by molar-refractivity contribution is 7.19. The lowest BCUT2D eigenvalue weighted by Crippen LogP contribution is -2.75. The summed E-state index contributed by atoms with van der Waals surface area (Å²) in [6.45, 7) is 0. The van der Waals surface area contributed by atoms with E-state index in [1.165, 1.54) is 0 Å². The van der Waals surface area contributed by atoms with Crippen LogP contribution >= 0.6 is 0 Å². The molecule has 0 saturated carbocycles. The predicted molar refractivity (Wildman–Crippen MR) is 110 cm³/mol. The van der Waals surface area contributed by atoms with E-state index in [1.54, 1.807) is 0 Å². The van der Waals surface area contributed by atoms with E-state index in [-0.39, 0.29) is 21.9 Å². The van der Waals surface area contributed by atoms with E-state index in [2.05, 4.69) is 0 Å². The summed E-state index contributed by atoms with van der Waals surface area (Å²) in [6, 6.07) is 8.24. The average molecular weight is 463 g/mol. The molecule has 0 radical (unpaired) electrons. The fraction of sp³-hybridized carbons (Fsp3) is 0. The summed E-state index contributed by atoms with van der Waals surface area (Å²) in [7, 11) is 0. The molecule has 0 atom stereocenters. The molecule has 0 spiro atoms. The van der Waals surface area contributed by atoms with Gasteiger partial charge in [-0.3, -0.25) is 0 Å². The lowest BCUT2D eigenvalue weighted by Gasteiger charge is -2.44. The van der Waals surface area contributed by atoms with Crippen molar-refractivity contribution in [2.75, 3.05) is 0 Å². The van der Waals surface area contributed by atoms with Crippen LogP contribution in [0.15, 0.2) is 72.8 Å². The van der Waals surface area contributed by atoms with E-state index in [0.29, 0.717) is 24.3 Å². The maximum absolute atomic E-state index is 14.3. The summed E-state index contributed by atoms with van der Waals surface area (Å²) in [5, 5.41) is 0. The van der Waals surface area contributed by atoms with Crippen LogP contribution in [0.25, 0.3) is 0 Å². The van der Waals surface area contributed by atoms with Crippen LogP contribution in [-0.4, -0.2) is 6.15 Å². The molecule has 0 aliphatic heterocycles. The molecular weight excluding hydrogens is 451 g/mol. The predicted octanol–water partition coefficient (Wildman–Crippen LogP) is 4.18. The van der Waals surface area contributed by atoms with Crippen molar-refractivity contribution in [3.63, 3.8) is 0 Å². The van der Waals surface area contributed by atoms with Crippen LogP contribution in [0, 0.1) is 46.5 Å². The third kappa shape index (κ3) is 4.23. The highest BCUT2D eigenvalue weighted by Crippen LogP contribution is 2.16. The van der Waals surface area contributed by atoms with Crippen LogP contribution in [0.3, 0.4) is 0 Å². The van der Waals surface area contributed by atoms with Crippen LogP contribution in [0.2, 0.25) is 0 Å². The molecule has 9 heteroatoms. The number of hydrogen-bond acceptors (Lipinski definition) is 0. The molecule has 0 aliphatic carbocycles. The Bertz CT molecular complexity index is 1080. The van der Waals surface area contributed by atoms with Gasteiger partial charge in [0.2, 0.25) is 0 Å². The maximum atomic E-state index is 14.3. The summed E-state index contributed by atoms with van der Waals surface area (Å²) >= 11 is 0. The van der Waals surface area contributed by atoms with Gasteiger partial charge in [0.15, 0.2) is 0 Å². The quantitative estimate of drug-likeness (QED) is 0.315. The zero-order valence-corrected chi connectivity index (χ0v) is 16.5. The molecule has 0 N–H and O–H groups in total. The molecule has 0 fully saturated rings. The number of rotatable bonds is 4. The van der Waals surface area contributed by atoms with E-state index in [4.69, 9.17) is 0 Å². The van der Waals surface area contributed by atoms with Gasteiger partial charge in [0.05, 0.1) is 0 Å². The zero-order valence-electron chi connectivity index (χ0n) is 16.5. The molecule has 0 nitrogen and oxygen atoms in total. The molecule has 0 aliphatic rings. The van der Waals surface area contributed by atoms with Crippen molar-refractivity contribution in [1.82, 2.24) is 0 Å². The SMILES string of the molecule is Fc1cc(F)cc([B-](c2cc(F)cc(F)c2)(c2cc(F)cc(F)c2)c2cc(F)cc(F)c2)c1. The molecule has 0 amide bonds. The number of benzene rings is 4. The molecule has 4 aromatic rings. The van der Waals surface area contributed by atoms with Gasteiger partial charge in [0, 0.05) is 24.3 Å². The summed E-state index contributed by atoms with van der Waals surface area (Å²) in [5.41, 5.74) is -1.42. The molecule has 168 valence electrons. The van der Waals surface area contributed by atoms with Crippen molar-refractivity contribution in [2.24, 2.45) is 0 Å². The highest BCUT2D eigenvalue weighted by Gasteiger charge is 2.35. The minimum atomic E-state index is -3.29. The Morgan fingerprint density at radius 2 is 0.424 bits per heavy atom. The molecular formula is C24H12BF8-. The first kappa shape index (κ1) is 22.6. The Kier molecular flexibility index (Phi) is 5.74. The van der Waals surface area contributed by atoms with Gasteiger partial charge in [-0.2, -0.15) is 21.9 Å². The minimum Gasteiger partial charge on any atom is -0.207 e.